The predicted molar refractivity (Wildman–Crippen MR) is 48.6 cm³/mol. The minimum Gasteiger partial charge on any atom is -0.480 e. The van der Waals surface area contributed by atoms with E-state index in [2.05, 4.69) is 5.32 Å². The molecule has 1 atom stereocenters. The predicted octanol–water partition coefficient (Wildman–Crippen LogP) is -0.946. The van der Waals surface area contributed by atoms with Crippen LogP contribution in [0.25, 0.3) is 0 Å². The quantitative estimate of drug-likeness (QED) is 0.614. The molecule has 0 aliphatic rings. The van der Waals surface area contributed by atoms with Crippen LogP contribution in [-0.2, 0) is 14.4 Å². The number of carboxylic acid groups (broad SMARTS) is 1. The Hall–Kier alpha value is -1.43. The number of nitrogens with zero attached hydrogens (tertiary/aromatic N) is 1. The van der Waals surface area contributed by atoms with Gasteiger partial charge in [0.05, 0.1) is 0 Å². The van der Waals surface area contributed by atoms with Crippen LogP contribution in [0.5, 0.6) is 0 Å². The summed E-state index contributed by atoms with van der Waals surface area (Å²) in [5, 5.41) is 11.4. The molecular formula is C8H14N2O4. The van der Waals surface area contributed by atoms with Gasteiger partial charge in [0.1, 0.15) is 6.04 Å². The topological polar surface area (TPSA) is 86.7 Å². The molecule has 0 radical (unpaired) electrons. The van der Waals surface area contributed by atoms with Crippen LogP contribution in [0, 0.1) is 0 Å². The lowest BCUT2D eigenvalue weighted by Crippen LogP contribution is -2.51. The lowest BCUT2D eigenvalue weighted by molar-refractivity contribution is -0.156. The molecule has 14 heavy (non-hydrogen) atoms. The SMILES string of the molecule is CNCC(C(=O)O)N(C(C)=O)C(C)=O. The average Bonchev–Trinajstić information content (AvgIpc) is 2.01. The third-order valence-corrected chi connectivity index (χ3v) is 1.67. The molecule has 0 bridgehead atoms. The van der Waals surface area contributed by atoms with Gasteiger partial charge in [-0.2, -0.15) is 0 Å². The van der Waals surface area contributed by atoms with Gasteiger partial charge in [-0.1, -0.05) is 0 Å². The fourth-order valence-corrected chi connectivity index (χ4v) is 1.14. The second-order valence-electron chi connectivity index (χ2n) is 2.82. The molecule has 0 heterocycles. The maximum atomic E-state index is 11.0. The third-order valence-electron chi connectivity index (χ3n) is 1.67. The van der Waals surface area contributed by atoms with E-state index >= 15 is 0 Å². The molecule has 0 spiro atoms. The molecule has 0 aromatic heterocycles. The van der Waals surface area contributed by atoms with Gasteiger partial charge in [-0.15, -0.1) is 0 Å². The number of aliphatic carboxylic acids is 1. The second kappa shape index (κ2) is 5.33. The van der Waals surface area contributed by atoms with E-state index in [9.17, 15) is 14.4 Å². The highest BCUT2D eigenvalue weighted by molar-refractivity contribution is 5.97. The van der Waals surface area contributed by atoms with E-state index in [1.807, 2.05) is 0 Å². The van der Waals surface area contributed by atoms with Crippen molar-refractivity contribution in [3.05, 3.63) is 0 Å². The zero-order valence-electron chi connectivity index (χ0n) is 8.40. The van der Waals surface area contributed by atoms with Crippen LogP contribution < -0.4 is 5.32 Å². The van der Waals surface area contributed by atoms with E-state index in [0.29, 0.717) is 0 Å². The second-order valence-corrected chi connectivity index (χ2v) is 2.82. The maximum absolute atomic E-state index is 11.0. The molecule has 2 N–H and O–H groups in total. The Morgan fingerprint density at radius 3 is 1.93 bits per heavy atom. The van der Waals surface area contributed by atoms with Crippen molar-refractivity contribution < 1.29 is 19.5 Å². The van der Waals surface area contributed by atoms with Crippen molar-refractivity contribution in [2.24, 2.45) is 0 Å². The molecule has 80 valence electrons. The highest BCUT2D eigenvalue weighted by atomic mass is 16.4. The van der Waals surface area contributed by atoms with Crippen LogP contribution in [-0.4, -0.2) is 47.4 Å². The summed E-state index contributed by atoms with van der Waals surface area (Å²) < 4.78 is 0. The lowest BCUT2D eigenvalue weighted by atomic mass is 10.2. The smallest absolute Gasteiger partial charge is 0.328 e. The molecule has 1 unspecified atom stereocenters. The Morgan fingerprint density at radius 2 is 1.71 bits per heavy atom. The van der Waals surface area contributed by atoms with Crippen molar-refractivity contribution in [2.45, 2.75) is 19.9 Å². The van der Waals surface area contributed by atoms with Crippen molar-refractivity contribution in [2.75, 3.05) is 13.6 Å². The summed E-state index contributed by atoms with van der Waals surface area (Å²) in [4.78, 5) is 33.5. The number of carbonyl (C=O) groups is 3. The molecule has 0 saturated heterocycles. The number of hydrogen-bond donors (Lipinski definition) is 2. The Labute approximate surface area is 81.9 Å². The minimum atomic E-state index is -1.20. The highest BCUT2D eigenvalue weighted by Gasteiger charge is 2.29. The number of rotatable bonds is 4. The van der Waals surface area contributed by atoms with E-state index < -0.39 is 23.8 Å². The van der Waals surface area contributed by atoms with Gasteiger partial charge < -0.3 is 10.4 Å². The van der Waals surface area contributed by atoms with Gasteiger partial charge in [0.2, 0.25) is 11.8 Å². The van der Waals surface area contributed by atoms with Gasteiger partial charge >= 0.3 is 5.97 Å². The molecule has 0 aliphatic heterocycles. The fraction of sp³-hybridized carbons (Fsp3) is 0.625. The molecule has 6 nitrogen and oxygen atoms in total. The molecule has 0 aromatic rings. The average molecular weight is 202 g/mol. The summed E-state index contributed by atoms with van der Waals surface area (Å²) in [5.74, 6) is -2.34. The summed E-state index contributed by atoms with van der Waals surface area (Å²) in [6.07, 6.45) is 0. The molecular weight excluding hydrogens is 188 g/mol. The maximum Gasteiger partial charge on any atom is 0.328 e. The first-order valence-corrected chi connectivity index (χ1v) is 4.09. The van der Waals surface area contributed by atoms with Gasteiger partial charge in [0.25, 0.3) is 0 Å². The van der Waals surface area contributed by atoms with Gasteiger partial charge in [-0.05, 0) is 7.05 Å². The highest BCUT2D eigenvalue weighted by Crippen LogP contribution is 2.01. The van der Waals surface area contributed by atoms with E-state index in [-0.39, 0.29) is 6.54 Å². The number of amides is 2. The molecule has 0 rings (SSSR count). The van der Waals surface area contributed by atoms with Crippen LogP contribution in [0.2, 0.25) is 0 Å². The van der Waals surface area contributed by atoms with Crippen LogP contribution >= 0.6 is 0 Å². The fourth-order valence-electron chi connectivity index (χ4n) is 1.14. The van der Waals surface area contributed by atoms with Crippen molar-refractivity contribution in [3.63, 3.8) is 0 Å². The summed E-state index contributed by atoms with van der Waals surface area (Å²) in [6.45, 7) is 2.36. The normalized spacial score (nSPS) is 11.9. The van der Waals surface area contributed by atoms with Crippen LogP contribution in [0.3, 0.4) is 0 Å². The van der Waals surface area contributed by atoms with Gasteiger partial charge in [-0.25, -0.2) is 4.79 Å². The van der Waals surface area contributed by atoms with E-state index in [1.165, 1.54) is 0 Å². The summed E-state index contributed by atoms with van der Waals surface area (Å²) >= 11 is 0. The lowest BCUT2D eigenvalue weighted by Gasteiger charge is -2.24. The number of likely N-dealkylation sites (N-methyl/N-ethyl adjacent to an activating group) is 1. The number of carboxylic acids is 1. The first-order chi connectivity index (χ1) is 6.41. The van der Waals surface area contributed by atoms with E-state index in [1.54, 1.807) is 7.05 Å². The molecule has 2 amide bonds. The molecule has 6 heteroatoms. The molecule has 0 saturated carbocycles. The standard InChI is InChI=1S/C8H14N2O4/c1-5(11)10(6(2)12)7(4-9-3)8(13)14/h7,9H,4H2,1-3H3,(H,13,14). The van der Waals surface area contributed by atoms with Gasteiger partial charge in [-0.3, -0.25) is 14.5 Å². The Balaban J connectivity index is 4.82. The molecule has 0 aromatic carbocycles. The minimum absolute atomic E-state index is 0.0362. The number of carbonyl (C=O) groups excluding carboxylic acids is 2. The third kappa shape index (κ3) is 3.14. The molecule has 0 fully saturated rings. The number of hydrogen-bond acceptors (Lipinski definition) is 4. The van der Waals surface area contributed by atoms with Gasteiger partial charge in [0.15, 0.2) is 0 Å². The van der Waals surface area contributed by atoms with Crippen molar-refractivity contribution in [3.8, 4) is 0 Å². The van der Waals surface area contributed by atoms with Crippen molar-refractivity contribution in [1.29, 1.82) is 0 Å². The Morgan fingerprint density at radius 1 is 1.29 bits per heavy atom. The molecule has 0 aliphatic carbocycles. The monoisotopic (exact) mass is 202 g/mol. The largest absolute Gasteiger partial charge is 0.480 e. The van der Waals surface area contributed by atoms with Crippen molar-refractivity contribution >= 4 is 17.8 Å². The van der Waals surface area contributed by atoms with Crippen LogP contribution in [0.1, 0.15) is 13.8 Å². The summed E-state index contributed by atoms with van der Waals surface area (Å²) in [5.41, 5.74) is 0. The zero-order valence-corrected chi connectivity index (χ0v) is 8.40. The summed E-state index contributed by atoms with van der Waals surface area (Å²) in [7, 11) is 1.55. The number of nitrogens with one attached hydrogen (secondary N) is 1. The zero-order chi connectivity index (χ0) is 11.3. The van der Waals surface area contributed by atoms with Gasteiger partial charge in [0, 0.05) is 20.4 Å². The van der Waals surface area contributed by atoms with Crippen LogP contribution in [0.4, 0.5) is 0 Å². The summed E-state index contributed by atoms with van der Waals surface area (Å²) in [6, 6.07) is -1.14. The Kier molecular flexibility index (Phi) is 4.79. The number of imide groups is 1. The Bertz CT molecular complexity index is 238. The van der Waals surface area contributed by atoms with Crippen LogP contribution in [0.15, 0.2) is 0 Å². The first kappa shape index (κ1) is 12.6. The first-order valence-electron chi connectivity index (χ1n) is 4.09. The van der Waals surface area contributed by atoms with Crippen molar-refractivity contribution in [1.82, 2.24) is 10.2 Å². The van der Waals surface area contributed by atoms with E-state index in [4.69, 9.17) is 5.11 Å². The van der Waals surface area contributed by atoms with E-state index in [0.717, 1.165) is 18.7 Å².